The Kier molecular flexibility index (Phi) is 5.29. The van der Waals surface area contributed by atoms with Gasteiger partial charge in [-0.2, -0.15) is 11.8 Å². The monoisotopic (exact) mass is 286 g/mol. The number of non-ortho nitro benzene ring substituents is 1. The third kappa shape index (κ3) is 3.66. The van der Waals surface area contributed by atoms with E-state index in [1.165, 1.54) is 4.90 Å². The minimum Gasteiger partial charge on any atom is -0.338 e. The van der Waals surface area contributed by atoms with Gasteiger partial charge in [-0.1, -0.05) is 0 Å². The van der Waals surface area contributed by atoms with Crippen LogP contribution < -0.4 is 0 Å². The van der Waals surface area contributed by atoms with Crippen LogP contribution in [0.2, 0.25) is 0 Å². The number of nitrogens with zero attached hydrogens (tertiary/aromatic N) is 2. The first-order valence-corrected chi connectivity index (χ1v) is 6.98. The standard InChI is InChI=1S/C12H15FN2O3S/c1-8(7-19-3)14(2)12(16)10-6-9(15(17)18)4-5-11(10)13/h4-6,8H,7H2,1-3H3. The first-order valence-electron chi connectivity index (χ1n) is 5.58. The highest BCUT2D eigenvalue weighted by Gasteiger charge is 2.22. The average molecular weight is 286 g/mol. The van der Waals surface area contributed by atoms with Crippen molar-refractivity contribution in [1.29, 1.82) is 0 Å². The zero-order valence-electron chi connectivity index (χ0n) is 10.9. The SMILES string of the molecule is CSCC(C)N(C)C(=O)c1cc([N+](=O)[O-])ccc1F. The Hall–Kier alpha value is -1.63. The third-order valence-electron chi connectivity index (χ3n) is 2.78. The third-order valence-corrected chi connectivity index (χ3v) is 3.60. The molecule has 7 heteroatoms. The van der Waals surface area contributed by atoms with Gasteiger partial charge in [0.05, 0.1) is 10.5 Å². The van der Waals surface area contributed by atoms with Crippen molar-refractivity contribution >= 4 is 23.4 Å². The summed E-state index contributed by atoms with van der Waals surface area (Å²) in [6.07, 6.45) is 1.91. The number of nitro benzene ring substituents is 1. The molecule has 0 spiro atoms. The van der Waals surface area contributed by atoms with Gasteiger partial charge in [-0.15, -0.1) is 0 Å². The first kappa shape index (κ1) is 15.4. The summed E-state index contributed by atoms with van der Waals surface area (Å²) in [5, 5.41) is 10.6. The van der Waals surface area contributed by atoms with Crippen LogP contribution in [0.1, 0.15) is 17.3 Å². The molecule has 1 aromatic carbocycles. The number of hydrogen-bond donors (Lipinski definition) is 0. The van der Waals surface area contributed by atoms with Crippen LogP contribution >= 0.6 is 11.8 Å². The summed E-state index contributed by atoms with van der Waals surface area (Å²) in [7, 11) is 1.56. The van der Waals surface area contributed by atoms with E-state index in [0.29, 0.717) is 5.75 Å². The average Bonchev–Trinajstić information content (AvgIpc) is 2.37. The summed E-state index contributed by atoms with van der Waals surface area (Å²) in [6.45, 7) is 1.84. The smallest absolute Gasteiger partial charge is 0.270 e. The molecule has 0 saturated heterocycles. The molecule has 0 aliphatic carbocycles. The van der Waals surface area contributed by atoms with E-state index in [1.54, 1.807) is 18.8 Å². The maximum atomic E-state index is 13.6. The molecule has 0 saturated carbocycles. The molecule has 0 fully saturated rings. The maximum Gasteiger partial charge on any atom is 0.270 e. The molecule has 0 bridgehead atoms. The van der Waals surface area contributed by atoms with Gasteiger partial charge in [0.25, 0.3) is 11.6 Å². The van der Waals surface area contributed by atoms with Gasteiger partial charge in [0.15, 0.2) is 0 Å². The highest BCUT2D eigenvalue weighted by Crippen LogP contribution is 2.19. The molecular formula is C12H15FN2O3S. The van der Waals surface area contributed by atoms with Crippen molar-refractivity contribution in [3.05, 3.63) is 39.7 Å². The number of hydrogen-bond acceptors (Lipinski definition) is 4. The number of nitro groups is 1. The van der Waals surface area contributed by atoms with Gasteiger partial charge in [-0.3, -0.25) is 14.9 Å². The van der Waals surface area contributed by atoms with Gasteiger partial charge in [-0.05, 0) is 19.2 Å². The summed E-state index contributed by atoms with van der Waals surface area (Å²) < 4.78 is 13.6. The van der Waals surface area contributed by atoms with Crippen molar-refractivity contribution in [3.63, 3.8) is 0 Å². The Morgan fingerprint density at radius 1 is 1.58 bits per heavy atom. The molecule has 1 unspecified atom stereocenters. The van der Waals surface area contributed by atoms with Gasteiger partial charge < -0.3 is 4.90 Å². The molecule has 0 heterocycles. The molecule has 0 radical (unpaired) electrons. The Balaban J connectivity index is 3.04. The number of thioether (sulfide) groups is 1. The predicted octanol–water partition coefficient (Wildman–Crippen LogP) is 2.56. The van der Waals surface area contributed by atoms with E-state index in [4.69, 9.17) is 0 Å². The Morgan fingerprint density at radius 3 is 2.74 bits per heavy atom. The zero-order chi connectivity index (χ0) is 14.6. The molecule has 0 aliphatic heterocycles. The predicted molar refractivity (Wildman–Crippen MR) is 73.0 cm³/mol. The summed E-state index contributed by atoms with van der Waals surface area (Å²) in [6, 6.07) is 2.87. The molecule has 1 amide bonds. The lowest BCUT2D eigenvalue weighted by Gasteiger charge is -2.24. The number of carbonyl (C=O) groups excluding carboxylic acids is 1. The lowest BCUT2D eigenvalue weighted by Crippen LogP contribution is -2.37. The van der Waals surface area contributed by atoms with Crippen LogP contribution in [0.4, 0.5) is 10.1 Å². The fraction of sp³-hybridized carbons (Fsp3) is 0.417. The van der Waals surface area contributed by atoms with E-state index < -0.39 is 16.6 Å². The fourth-order valence-electron chi connectivity index (χ4n) is 1.53. The van der Waals surface area contributed by atoms with Gasteiger partial charge in [0.1, 0.15) is 5.82 Å². The van der Waals surface area contributed by atoms with Gasteiger partial charge in [0, 0.05) is 31.0 Å². The van der Waals surface area contributed by atoms with Crippen molar-refractivity contribution in [2.75, 3.05) is 19.1 Å². The lowest BCUT2D eigenvalue weighted by atomic mass is 10.1. The van der Waals surface area contributed by atoms with Crippen LogP contribution in [0.3, 0.4) is 0 Å². The van der Waals surface area contributed by atoms with Crippen LogP contribution in [0.15, 0.2) is 18.2 Å². The number of amides is 1. The summed E-state index contributed by atoms with van der Waals surface area (Å²) in [5.74, 6) is -0.597. The van der Waals surface area contributed by atoms with Crippen LogP contribution in [-0.2, 0) is 0 Å². The summed E-state index contributed by atoms with van der Waals surface area (Å²) in [5.41, 5.74) is -0.569. The van der Waals surface area contributed by atoms with Crippen molar-refractivity contribution in [2.45, 2.75) is 13.0 Å². The summed E-state index contributed by atoms with van der Waals surface area (Å²) in [4.78, 5) is 23.5. The van der Waals surface area contributed by atoms with E-state index >= 15 is 0 Å². The van der Waals surface area contributed by atoms with E-state index in [-0.39, 0.29) is 17.3 Å². The van der Waals surface area contributed by atoms with Crippen molar-refractivity contribution < 1.29 is 14.1 Å². The Bertz CT molecular complexity index is 496. The van der Waals surface area contributed by atoms with Crippen molar-refractivity contribution in [3.8, 4) is 0 Å². The lowest BCUT2D eigenvalue weighted by molar-refractivity contribution is -0.384. The largest absolute Gasteiger partial charge is 0.338 e. The second kappa shape index (κ2) is 6.51. The van der Waals surface area contributed by atoms with E-state index in [2.05, 4.69) is 0 Å². The number of benzene rings is 1. The summed E-state index contributed by atoms with van der Waals surface area (Å²) >= 11 is 1.57. The number of rotatable bonds is 5. The molecule has 0 N–H and O–H groups in total. The van der Waals surface area contributed by atoms with Crippen LogP contribution in [0.5, 0.6) is 0 Å². The van der Waals surface area contributed by atoms with E-state index in [0.717, 1.165) is 18.2 Å². The van der Waals surface area contributed by atoms with Crippen LogP contribution in [-0.4, -0.2) is 40.8 Å². The second-order valence-corrected chi connectivity index (χ2v) is 5.05. The molecule has 19 heavy (non-hydrogen) atoms. The molecule has 1 rings (SSSR count). The fourth-order valence-corrected chi connectivity index (χ4v) is 2.24. The molecular weight excluding hydrogens is 271 g/mol. The molecule has 0 aliphatic rings. The van der Waals surface area contributed by atoms with Crippen LogP contribution in [0.25, 0.3) is 0 Å². The molecule has 104 valence electrons. The first-order chi connectivity index (χ1) is 8.88. The Labute approximate surface area is 114 Å². The topological polar surface area (TPSA) is 63.5 Å². The quantitative estimate of drug-likeness (QED) is 0.616. The van der Waals surface area contributed by atoms with E-state index in [9.17, 15) is 19.3 Å². The molecule has 1 aromatic rings. The highest BCUT2D eigenvalue weighted by atomic mass is 32.2. The van der Waals surface area contributed by atoms with Gasteiger partial charge in [-0.25, -0.2) is 4.39 Å². The van der Waals surface area contributed by atoms with Gasteiger partial charge >= 0.3 is 0 Å². The van der Waals surface area contributed by atoms with Crippen molar-refractivity contribution in [1.82, 2.24) is 4.90 Å². The highest BCUT2D eigenvalue weighted by molar-refractivity contribution is 7.98. The zero-order valence-corrected chi connectivity index (χ0v) is 11.7. The molecule has 5 nitrogen and oxygen atoms in total. The minimum atomic E-state index is -0.751. The van der Waals surface area contributed by atoms with E-state index in [1.807, 2.05) is 13.2 Å². The maximum absolute atomic E-state index is 13.6. The number of halogens is 1. The second-order valence-electron chi connectivity index (χ2n) is 4.14. The Morgan fingerprint density at radius 2 is 2.21 bits per heavy atom. The number of carbonyl (C=O) groups is 1. The molecule has 1 atom stereocenters. The van der Waals surface area contributed by atoms with Crippen LogP contribution in [0, 0.1) is 15.9 Å². The molecule has 0 aromatic heterocycles. The minimum absolute atomic E-state index is 0.0823. The normalized spacial score (nSPS) is 12.0. The van der Waals surface area contributed by atoms with Crippen molar-refractivity contribution in [2.24, 2.45) is 0 Å². The van der Waals surface area contributed by atoms with Gasteiger partial charge in [0.2, 0.25) is 0 Å².